The molecule has 0 radical (unpaired) electrons. The van der Waals surface area contributed by atoms with Crippen molar-refractivity contribution in [3.63, 3.8) is 0 Å². The van der Waals surface area contributed by atoms with Gasteiger partial charge in [-0.1, -0.05) is 42.5 Å². The average Bonchev–Trinajstić information content (AvgIpc) is 3.78. The summed E-state index contributed by atoms with van der Waals surface area (Å²) < 4.78 is 10.0. The van der Waals surface area contributed by atoms with Crippen molar-refractivity contribution in [2.24, 2.45) is 7.05 Å². The molecular weight excluding hydrogens is 687 g/mol. The quantitative estimate of drug-likeness (QED) is 0.180. The second-order valence-electron chi connectivity index (χ2n) is 15.6. The van der Waals surface area contributed by atoms with Crippen molar-refractivity contribution < 1.29 is 19.4 Å². The number of amides is 2. The Bertz CT molecular complexity index is 2410. The predicted octanol–water partition coefficient (Wildman–Crippen LogP) is 7.96. The first kappa shape index (κ1) is 35.1. The maximum Gasteiger partial charge on any atom is 0.264 e. The summed E-state index contributed by atoms with van der Waals surface area (Å²) in [6.07, 6.45) is 5.52. The highest BCUT2D eigenvalue weighted by atomic mass is 16.5. The van der Waals surface area contributed by atoms with E-state index in [0.717, 1.165) is 85.4 Å². The average molecular weight is 734 g/mol. The number of nitrogens with zero attached hydrogens (tertiary/aromatic N) is 5. The zero-order chi connectivity index (χ0) is 37.7. The molecule has 1 atom stereocenters. The molecule has 1 N–H and O–H groups in total. The van der Waals surface area contributed by atoms with Crippen LogP contribution in [-0.2, 0) is 37.7 Å². The Balaban J connectivity index is 1.13. The van der Waals surface area contributed by atoms with Crippen LogP contribution in [0, 0.1) is 0 Å². The van der Waals surface area contributed by atoms with Crippen LogP contribution in [-0.4, -0.2) is 74.2 Å². The van der Waals surface area contributed by atoms with E-state index in [4.69, 9.17) is 4.74 Å². The van der Waals surface area contributed by atoms with Crippen LogP contribution in [0.2, 0.25) is 0 Å². The number of morpholine rings is 1. The van der Waals surface area contributed by atoms with E-state index in [1.54, 1.807) is 29.2 Å². The van der Waals surface area contributed by atoms with Gasteiger partial charge in [0.15, 0.2) is 0 Å². The monoisotopic (exact) mass is 733 g/mol. The van der Waals surface area contributed by atoms with Gasteiger partial charge in [-0.3, -0.25) is 19.4 Å². The van der Waals surface area contributed by atoms with Crippen LogP contribution in [0.5, 0.6) is 5.75 Å². The van der Waals surface area contributed by atoms with Gasteiger partial charge in [-0.05, 0) is 104 Å². The number of carbonyl (C=O) groups excluding carboxylic acids is 2. The molecule has 0 unspecified atom stereocenters. The molecule has 4 aromatic carbocycles. The second-order valence-corrected chi connectivity index (χ2v) is 15.6. The van der Waals surface area contributed by atoms with Crippen molar-refractivity contribution in [1.82, 2.24) is 18.9 Å². The topological polar surface area (TPSA) is 83.2 Å². The molecule has 3 aliphatic heterocycles. The number of benzene rings is 4. The van der Waals surface area contributed by atoms with E-state index in [9.17, 15) is 5.11 Å². The molecule has 280 valence electrons. The summed E-state index contributed by atoms with van der Waals surface area (Å²) in [5.41, 5.74) is 8.51. The van der Waals surface area contributed by atoms with Crippen molar-refractivity contribution in [2.45, 2.75) is 51.2 Å². The van der Waals surface area contributed by atoms with Gasteiger partial charge < -0.3 is 23.9 Å². The zero-order valence-electron chi connectivity index (χ0n) is 31.6. The van der Waals surface area contributed by atoms with Gasteiger partial charge >= 0.3 is 0 Å². The molecule has 6 aromatic rings. The standard InChI is InChI=1S/C46H47N5O4/c1-46(31-48-23-25-55-26-24-48)29-33-9-3-4-10-34(33)30-50(46)44(53)39-12-6-5-11-38(39)43-28-40(42-13-7-8-21-49(42)43)45(54)51(35-14-17-37(52)18-15-35)36-16-19-41-32(27-36)20-22-47(41)2/h3-6,9-12,14-20,22,27-28,52H,7-8,13,21,23-26,29-31H2,1-2H3/t46-/m0/s1. The SMILES string of the molecule is Cn1ccc2cc(N(C(=O)c3cc(-c4ccccc4C(=O)N4Cc5ccccc5C[C@@]4(C)CN4CCOCC4)n4c3CCCC4)c3ccc(O)cc3)ccc21. The van der Waals surface area contributed by atoms with Crippen molar-refractivity contribution in [3.05, 3.63) is 137 Å². The number of aromatic nitrogens is 2. The fourth-order valence-electron chi connectivity index (χ4n) is 9.09. The molecular formula is C46H47N5O4. The van der Waals surface area contributed by atoms with Crippen molar-refractivity contribution in [1.29, 1.82) is 0 Å². The summed E-state index contributed by atoms with van der Waals surface area (Å²) in [4.78, 5) is 36.5. The van der Waals surface area contributed by atoms with E-state index >= 15 is 9.59 Å². The van der Waals surface area contributed by atoms with E-state index in [1.165, 1.54) is 11.1 Å². The first-order valence-corrected chi connectivity index (χ1v) is 19.5. The predicted molar refractivity (Wildman–Crippen MR) is 216 cm³/mol. The maximum atomic E-state index is 15.2. The smallest absolute Gasteiger partial charge is 0.264 e. The molecule has 0 saturated carbocycles. The van der Waals surface area contributed by atoms with Crippen LogP contribution in [0.4, 0.5) is 11.4 Å². The fourth-order valence-corrected chi connectivity index (χ4v) is 9.09. The number of hydrogen-bond donors (Lipinski definition) is 1. The molecule has 0 aliphatic carbocycles. The minimum Gasteiger partial charge on any atom is -0.508 e. The van der Waals surface area contributed by atoms with Crippen LogP contribution in [0.3, 0.4) is 0 Å². The van der Waals surface area contributed by atoms with Gasteiger partial charge in [0.25, 0.3) is 11.8 Å². The number of rotatable bonds is 7. The van der Waals surface area contributed by atoms with Gasteiger partial charge in [-0.15, -0.1) is 0 Å². The molecule has 2 amide bonds. The number of aromatic hydroxyl groups is 1. The molecule has 1 fully saturated rings. The largest absolute Gasteiger partial charge is 0.508 e. The lowest BCUT2D eigenvalue weighted by atomic mass is 9.82. The number of anilines is 2. The number of phenols is 1. The van der Waals surface area contributed by atoms with Gasteiger partial charge in [-0.25, -0.2) is 0 Å². The molecule has 0 bridgehead atoms. The Morgan fingerprint density at radius 2 is 1.56 bits per heavy atom. The Morgan fingerprint density at radius 3 is 2.38 bits per heavy atom. The fraction of sp³-hybridized carbons (Fsp3) is 0.304. The van der Waals surface area contributed by atoms with E-state index < -0.39 is 5.54 Å². The number of hydrogen-bond acceptors (Lipinski definition) is 5. The van der Waals surface area contributed by atoms with Gasteiger partial charge in [0.1, 0.15) is 5.75 Å². The van der Waals surface area contributed by atoms with Crippen molar-refractivity contribution in [2.75, 3.05) is 37.7 Å². The van der Waals surface area contributed by atoms with Crippen LogP contribution in [0.15, 0.2) is 109 Å². The summed E-state index contributed by atoms with van der Waals surface area (Å²) in [6.45, 7) is 7.41. The van der Waals surface area contributed by atoms with Crippen molar-refractivity contribution in [3.8, 4) is 17.0 Å². The lowest BCUT2D eigenvalue weighted by Crippen LogP contribution is -2.60. The Labute approximate surface area is 322 Å². The Hall–Kier alpha value is -5.64. The van der Waals surface area contributed by atoms with E-state index in [-0.39, 0.29) is 17.6 Å². The van der Waals surface area contributed by atoms with Crippen molar-refractivity contribution >= 4 is 34.1 Å². The zero-order valence-corrected chi connectivity index (χ0v) is 31.6. The van der Waals surface area contributed by atoms with Crippen LogP contribution in [0.25, 0.3) is 22.2 Å². The van der Waals surface area contributed by atoms with Gasteiger partial charge in [-0.2, -0.15) is 0 Å². The van der Waals surface area contributed by atoms with Gasteiger partial charge in [0.2, 0.25) is 0 Å². The molecule has 2 aromatic heterocycles. The third kappa shape index (κ3) is 6.41. The highest BCUT2D eigenvalue weighted by molar-refractivity contribution is 6.13. The lowest BCUT2D eigenvalue weighted by molar-refractivity contribution is -0.00365. The normalized spacial score (nSPS) is 18.5. The summed E-state index contributed by atoms with van der Waals surface area (Å²) in [5.74, 6) is -0.00733. The summed E-state index contributed by atoms with van der Waals surface area (Å²) in [7, 11) is 2.01. The first-order chi connectivity index (χ1) is 26.8. The molecule has 1 saturated heterocycles. The lowest BCUT2D eigenvalue weighted by Gasteiger charge is -2.48. The first-order valence-electron chi connectivity index (χ1n) is 19.5. The minimum absolute atomic E-state index is 0.00184. The van der Waals surface area contributed by atoms with Gasteiger partial charge in [0, 0.05) is 90.8 Å². The van der Waals surface area contributed by atoms with E-state index in [1.807, 2.05) is 61.8 Å². The molecule has 9 nitrogen and oxygen atoms in total. The number of aryl methyl sites for hydroxylation is 1. The molecule has 55 heavy (non-hydrogen) atoms. The molecule has 9 heteroatoms. The number of carbonyl (C=O) groups is 2. The molecule has 0 spiro atoms. The number of phenolic OH excluding ortho intramolecular Hbond substituents is 1. The summed E-state index contributed by atoms with van der Waals surface area (Å²) in [5, 5.41) is 11.2. The van der Waals surface area contributed by atoms with Gasteiger partial charge in [0.05, 0.1) is 24.3 Å². The maximum absolute atomic E-state index is 15.2. The summed E-state index contributed by atoms with van der Waals surface area (Å²) in [6, 6.07) is 33.4. The number of ether oxygens (including phenoxy) is 1. The third-order valence-electron chi connectivity index (χ3n) is 11.9. The van der Waals surface area contributed by atoms with Crippen LogP contribution < -0.4 is 4.90 Å². The summed E-state index contributed by atoms with van der Waals surface area (Å²) >= 11 is 0. The Kier molecular flexibility index (Phi) is 9.07. The highest BCUT2D eigenvalue weighted by Crippen LogP contribution is 2.39. The van der Waals surface area contributed by atoms with Crippen LogP contribution in [0.1, 0.15) is 57.3 Å². The van der Waals surface area contributed by atoms with E-state index in [2.05, 4.69) is 56.2 Å². The highest BCUT2D eigenvalue weighted by Gasteiger charge is 2.42. The molecule has 3 aliphatic rings. The van der Waals surface area contributed by atoms with E-state index in [0.29, 0.717) is 36.6 Å². The number of fused-ring (bicyclic) bond motifs is 3. The second kappa shape index (κ2) is 14.2. The minimum atomic E-state index is -0.430. The molecule has 9 rings (SSSR count). The third-order valence-corrected chi connectivity index (χ3v) is 11.9. The van der Waals surface area contributed by atoms with Crippen LogP contribution >= 0.6 is 0 Å². The Morgan fingerprint density at radius 1 is 0.818 bits per heavy atom. The molecule has 5 heterocycles.